The van der Waals surface area contributed by atoms with Gasteiger partial charge in [-0.3, -0.25) is 9.69 Å². The van der Waals surface area contributed by atoms with Crippen molar-refractivity contribution in [3.63, 3.8) is 0 Å². The van der Waals surface area contributed by atoms with Crippen LogP contribution in [0, 0.1) is 13.8 Å². The topological polar surface area (TPSA) is 29.5 Å². The van der Waals surface area contributed by atoms with Gasteiger partial charge < -0.3 is 4.74 Å². The summed E-state index contributed by atoms with van der Waals surface area (Å²) in [6, 6.07) is 13.4. The second-order valence-electron chi connectivity index (χ2n) is 5.52. The number of benzene rings is 2. The van der Waals surface area contributed by atoms with Crippen LogP contribution in [0.4, 0.5) is 5.69 Å². The molecule has 0 N–H and O–H groups in total. The maximum Gasteiger partial charge on any atom is 0.270 e. The van der Waals surface area contributed by atoms with Crippen molar-refractivity contribution in [3.8, 4) is 5.75 Å². The van der Waals surface area contributed by atoms with Gasteiger partial charge in [0.1, 0.15) is 5.75 Å². The van der Waals surface area contributed by atoms with Gasteiger partial charge in [0.15, 0.2) is 4.32 Å². The number of hydrogen-bond donors (Lipinski definition) is 0. The van der Waals surface area contributed by atoms with Crippen LogP contribution in [0.25, 0.3) is 6.08 Å². The Balaban J connectivity index is 1.95. The number of aryl methyl sites for hydroxylation is 2. The lowest BCUT2D eigenvalue weighted by atomic mass is 10.0. The van der Waals surface area contributed by atoms with Crippen molar-refractivity contribution < 1.29 is 9.53 Å². The van der Waals surface area contributed by atoms with Crippen molar-refractivity contribution in [2.24, 2.45) is 0 Å². The highest BCUT2D eigenvalue weighted by atomic mass is 32.2. The molecule has 5 heteroatoms. The molecule has 1 saturated heterocycles. The quantitative estimate of drug-likeness (QED) is 0.589. The van der Waals surface area contributed by atoms with Crippen LogP contribution in [0.15, 0.2) is 47.4 Å². The van der Waals surface area contributed by atoms with E-state index in [1.54, 1.807) is 12.0 Å². The van der Waals surface area contributed by atoms with Crippen LogP contribution in [0.3, 0.4) is 0 Å². The minimum absolute atomic E-state index is 0.0854. The van der Waals surface area contributed by atoms with Crippen molar-refractivity contribution >= 4 is 46.0 Å². The summed E-state index contributed by atoms with van der Waals surface area (Å²) in [6.45, 7) is 4.09. The Bertz CT molecular complexity index is 821. The number of anilines is 1. The Morgan fingerprint density at radius 1 is 1.08 bits per heavy atom. The van der Waals surface area contributed by atoms with E-state index >= 15 is 0 Å². The molecule has 1 heterocycles. The maximum atomic E-state index is 12.8. The summed E-state index contributed by atoms with van der Waals surface area (Å²) in [5.41, 5.74) is 4.12. The Labute approximate surface area is 151 Å². The van der Waals surface area contributed by atoms with E-state index in [4.69, 9.17) is 17.0 Å². The minimum Gasteiger partial charge on any atom is -0.497 e. The van der Waals surface area contributed by atoms with Gasteiger partial charge >= 0.3 is 0 Å². The van der Waals surface area contributed by atoms with E-state index in [1.807, 2.05) is 62.4 Å². The lowest BCUT2D eigenvalue weighted by Crippen LogP contribution is -2.27. The molecule has 0 spiro atoms. The lowest BCUT2D eigenvalue weighted by Gasteiger charge is -2.14. The molecule has 24 heavy (non-hydrogen) atoms. The number of ether oxygens (including phenoxy) is 1. The van der Waals surface area contributed by atoms with Crippen molar-refractivity contribution in [1.82, 2.24) is 0 Å². The van der Waals surface area contributed by atoms with Gasteiger partial charge in [-0.1, -0.05) is 42.2 Å². The van der Waals surface area contributed by atoms with E-state index in [-0.39, 0.29) is 5.91 Å². The summed E-state index contributed by atoms with van der Waals surface area (Å²) >= 11 is 6.75. The summed E-state index contributed by atoms with van der Waals surface area (Å²) in [7, 11) is 1.61. The lowest BCUT2D eigenvalue weighted by molar-refractivity contribution is -0.113. The van der Waals surface area contributed by atoms with Crippen LogP contribution in [-0.2, 0) is 4.79 Å². The standard InChI is InChI=1S/C19H17NO2S2/c1-12-5-4-6-13(2)16(12)11-17-18(21)20(19(23)24-17)14-7-9-15(22-3)10-8-14/h4-11H,1-3H3/b17-11-. The van der Waals surface area contributed by atoms with Gasteiger partial charge in [0, 0.05) is 0 Å². The summed E-state index contributed by atoms with van der Waals surface area (Å²) in [5, 5.41) is 0. The van der Waals surface area contributed by atoms with Crippen molar-refractivity contribution in [2.45, 2.75) is 13.8 Å². The first kappa shape index (κ1) is 16.7. The molecule has 0 aliphatic carbocycles. The Morgan fingerprint density at radius 2 is 1.71 bits per heavy atom. The van der Waals surface area contributed by atoms with Crippen LogP contribution in [0.1, 0.15) is 16.7 Å². The van der Waals surface area contributed by atoms with Gasteiger partial charge in [-0.15, -0.1) is 0 Å². The third-order valence-electron chi connectivity index (χ3n) is 3.94. The number of amides is 1. The highest BCUT2D eigenvalue weighted by Crippen LogP contribution is 2.37. The molecule has 1 aliphatic heterocycles. The number of thiocarbonyl (C=S) groups is 1. The number of methoxy groups -OCH3 is 1. The monoisotopic (exact) mass is 355 g/mol. The van der Waals surface area contributed by atoms with Crippen molar-refractivity contribution in [3.05, 3.63) is 64.1 Å². The SMILES string of the molecule is COc1ccc(N2C(=O)/C(=C/c3c(C)cccc3C)SC2=S)cc1. The molecular formula is C19H17NO2S2. The van der Waals surface area contributed by atoms with Crippen LogP contribution >= 0.6 is 24.0 Å². The van der Waals surface area contributed by atoms with Gasteiger partial charge in [-0.25, -0.2) is 0 Å². The minimum atomic E-state index is -0.0854. The summed E-state index contributed by atoms with van der Waals surface area (Å²) in [5.74, 6) is 0.660. The molecule has 1 fully saturated rings. The van der Waals surface area contributed by atoms with E-state index in [0.717, 1.165) is 28.1 Å². The number of rotatable bonds is 3. The normalized spacial score (nSPS) is 16.1. The van der Waals surface area contributed by atoms with E-state index in [9.17, 15) is 4.79 Å². The molecule has 3 nitrogen and oxygen atoms in total. The first-order chi connectivity index (χ1) is 11.5. The van der Waals surface area contributed by atoms with Gasteiger partial charge in [-0.05, 0) is 60.9 Å². The smallest absolute Gasteiger partial charge is 0.270 e. The molecule has 0 unspecified atom stereocenters. The van der Waals surface area contributed by atoms with Crippen LogP contribution < -0.4 is 9.64 Å². The molecule has 2 aromatic carbocycles. The van der Waals surface area contributed by atoms with Crippen LogP contribution in [0.5, 0.6) is 5.75 Å². The molecule has 0 radical (unpaired) electrons. The summed E-state index contributed by atoms with van der Waals surface area (Å²) in [6.07, 6.45) is 1.94. The fourth-order valence-electron chi connectivity index (χ4n) is 2.61. The average Bonchev–Trinajstić information content (AvgIpc) is 2.85. The highest BCUT2D eigenvalue weighted by molar-refractivity contribution is 8.27. The van der Waals surface area contributed by atoms with Gasteiger partial charge in [0.05, 0.1) is 17.7 Å². The molecule has 2 aromatic rings. The van der Waals surface area contributed by atoms with E-state index in [1.165, 1.54) is 11.8 Å². The molecule has 0 aromatic heterocycles. The highest BCUT2D eigenvalue weighted by Gasteiger charge is 2.33. The fourth-order valence-corrected chi connectivity index (χ4v) is 3.89. The third kappa shape index (κ3) is 3.09. The molecular weight excluding hydrogens is 338 g/mol. The van der Waals surface area contributed by atoms with Gasteiger partial charge in [-0.2, -0.15) is 0 Å². The van der Waals surface area contributed by atoms with E-state index in [0.29, 0.717) is 9.23 Å². The summed E-state index contributed by atoms with van der Waals surface area (Å²) < 4.78 is 5.70. The van der Waals surface area contributed by atoms with Crippen molar-refractivity contribution in [1.29, 1.82) is 0 Å². The zero-order chi connectivity index (χ0) is 17.3. The fraction of sp³-hybridized carbons (Fsp3) is 0.158. The molecule has 3 rings (SSSR count). The predicted octanol–water partition coefficient (Wildman–Crippen LogP) is 4.72. The predicted molar refractivity (Wildman–Crippen MR) is 105 cm³/mol. The van der Waals surface area contributed by atoms with E-state index in [2.05, 4.69) is 0 Å². The zero-order valence-corrected chi connectivity index (χ0v) is 15.3. The molecule has 0 bridgehead atoms. The van der Waals surface area contributed by atoms with Gasteiger partial charge in [0.2, 0.25) is 0 Å². The average molecular weight is 355 g/mol. The number of carbonyl (C=O) groups is 1. The first-order valence-electron chi connectivity index (χ1n) is 7.49. The largest absolute Gasteiger partial charge is 0.497 e. The van der Waals surface area contributed by atoms with E-state index < -0.39 is 0 Å². The zero-order valence-electron chi connectivity index (χ0n) is 13.7. The van der Waals surface area contributed by atoms with Gasteiger partial charge in [0.25, 0.3) is 5.91 Å². The second kappa shape index (κ2) is 6.79. The summed E-state index contributed by atoms with van der Waals surface area (Å²) in [4.78, 5) is 15.0. The molecule has 0 atom stereocenters. The Kier molecular flexibility index (Phi) is 4.73. The Morgan fingerprint density at radius 3 is 2.29 bits per heavy atom. The number of carbonyl (C=O) groups excluding carboxylic acids is 1. The first-order valence-corrected chi connectivity index (χ1v) is 8.72. The number of nitrogens with zero attached hydrogens (tertiary/aromatic N) is 1. The second-order valence-corrected chi connectivity index (χ2v) is 7.20. The maximum absolute atomic E-state index is 12.8. The Hall–Kier alpha value is -2.11. The van der Waals surface area contributed by atoms with Crippen molar-refractivity contribution in [2.75, 3.05) is 12.0 Å². The molecule has 0 saturated carbocycles. The van der Waals surface area contributed by atoms with Crippen LogP contribution in [0.2, 0.25) is 0 Å². The number of hydrogen-bond acceptors (Lipinski definition) is 4. The molecule has 1 aliphatic rings. The third-order valence-corrected chi connectivity index (χ3v) is 5.24. The molecule has 122 valence electrons. The van der Waals surface area contributed by atoms with Crippen LogP contribution in [-0.4, -0.2) is 17.3 Å². The number of thioether (sulfide) groups is 1. The molecule has 1 amide bonds.